The Labute approximate surface area is 212 Å². The van der Waals surface area contributed by atoms with Crippen molar-refractivity contribution in [3.8, 4) is 11.5 Å². The maximum absolute atomic E-state index is 13.9. The first-order valence-corrected chi connectivity index (χ1v) is 11.4. The van der Waals surface area contributed by atoms with Gasteiger partial charge in [0, 0.05) is 0 Å². The van der Waals surface area contributed by atoms with Crippen LogP contribution in [0.25, 0.3) is 6.08 Å². The Morgan fingerprint density at radius 2 is 1.78 bits per heavy atom. The molecule has 1 amide bonds. The lowest BCUT2D eigenvalue weighted by Crippen LogP contribution is -2.27. The molecule has 1 fully saturated rings. The summed E-state index contributed by atoms with van der Waals surface area (Å²) in [4.78, 5) is 26.5. The molecule has 1 aliphatic rings. The van der Waals surface area contributed by atoms with Gasteiger partial charge in [0.1, 0.15) is 5.82 Å². The highest BCUT2D eigenvalue weighted by Gasteiger charge is 2.36. The van der Waals surface area contributed by atoms with Crippen LogP contribution in [0.5, 0.6) is 11.5 Å². The van der Waals surface area contributed by atoms with Gasteiger partial charge in [0.2, 0.25) is 0 Å². The van der Waals surface area contributed by atoms with E-state index in [-0.39, 0.29) is 32.0 Å². The van der Waals surface area contributed by atoms with Crippen LogP contribution in [0.1, 0.15) is 21.5 Å². The Hall–Kier alpha value is -3.70. The van der Waals surface area contributed by atoms with E-state index in [4.69, 9.17) is 21.7 Å². The molecule has 1 saturated heterocycles. The second-order valence-electron chi connectivity index (χ2n) is 7.34. The third-order valence-corrected chi connectivity index (χ3v) is 6.31. The Bertz CT molecular complexity index is 1400. The average Bonchev–Trinajstić information content (AvgIpc) is 3.12. The number of hydrogen-bond acceptors (Lipinski definition) is 6. The fourth-order valence-electron chi connectivity index (χ4n) is 3.30. The van der Waals surface area contributed by atoms with Crippen LogP contribution >= 0.6 is 24.0 Å². The third-order valence-electron chi connectivity index (χ3n) is 5.01. The van der Waals surface area contributed by atoms with Crippen molar-refractivity contribution < 1.29 is 36.6 Å². The smallest absolute Gasteiger partial charge is 0.416 e. The van der Waals surface area contributed by atoms with Crippen LogP contribution in [-0.2, 0) is 11.0 Å². The molecule has 0 N–H and O–H groups in total. The Morgan fingerprint density at radius 3 is 2.47 bits per heavy atom. The predicted octanol–water partition coefficient (Wildman–Crippen LogP) is 6.48. The number of amides is 1. The minimum absolute atomic E-state index is 0.00344. The summed E-state index contributed by atoms with van der Waals surface area (Å²) in [7, 11) is 1.34. The molecule has 5 nitrogen and oxygen atoms in total. The summed E-state index contributed by atoms with van der Waals surface area (Å²) in [5, 5.41) is 0. The zero-order valence-corrected chi connectivity index (χ0v) is 20.0. The number of alkyl halides is 3. The van der Waals surface area contributed by atoms with Crippen LogP contribution in [0.4, 0.5) is 23.2 Å². The van der Waals surface area contributed by atoms with Crippen LogP contribution in [0.2, 0.25) is 0 Å². The number of carbonyl (C=O) groups excluding carboxylic acids is 2. The molecule has 0 radical (unpaired) electrons. The monoisotopic (exact) mass is 533 g/mol. The van der Waals surface area contributed by atoms with Gasteiger partial charge in [-0.3, -0.25) is 9.69 Å². The molecule has 0 bridgehead atoms. The van der Waals surface area contributed by atoms with Crippen molar-refractivity contribution in [2.75, 3.05) is 12.0 Å². The van der Waals surface area contributed by atoms with E-state index in [0.717, 1.165) is 34.9 Å². The summed E-state index contributed by atoms with van der Waals surface area (Å²) in [6.45, 7) is 0. The number of halogens is 4. The molecule has 11 heteroatoms. The normalized spacial score (nSPS) is 14.9. The zero-order valence-electron chi connectivity index (χ0n) is 18.3. The van der Waals surface area contributed by atoms with Gasteiger partial charge in [-0.1, -0.05) is 48.2 Å². The summed E-state index contributed by atoms with van der Waals surface area (Å²) in [5.74, 6) is -2.07. The molecule has 3 aromatic rings. The highest BCUT2D eigenvalue weighted by Crippen LogP contribution is 2.39. The van der Waals surface area contributed by atoms with E-state index in [1.807, 2.05) is 0 Å². The van der Waals surface area contributed by atoms with Crippen molar-refractivity contribution in [3.05, 3.63) is 94.1 Å². The van der Waals surface area contributed by atoms with E-state index in [0.29, 0.717) is 5.56 Å². The molecule has 4 rings (SSSR count). The van der Waals surface area contributed by atoms with Crippen molar-refractivity contribution in [1.82, 2.24) is 0 Å². The summed E-state index contributed by atoms with van der Waals surface area (Å²) < 4.78 is 63.8. The Balaban J connectivity index is 1.58. The Kier molecular flexibility index (Phi) is 7.14. The fourth-order valence-corrected chi connectivity index (χ4v) is 4.60. The number of methoxy groups -OCH3 is 1. The van der Waals surface area contributed by atoms with Gasteiger partial charge < -0.3 is 9.47 Å². The van der Waals surface area contributed by atoms with Gasteiger partial charge in [-0.2, -0.15) is 13.2 Å². The van der Waals surface area contributed by atoms with Crippen LogP contribution in [0, 0.1) is 5.82 Å². The molecular formula is C25H15F4NO4S2. The molecule has 36 heavy (non-hydrogen) atoms. The van der Waals surface area contributed by atoms with Gasteiger partial charge in [-0.25, -0.2) is 9.18 Å². The van der Waals surface area contributed by atoms with Crippen LogP contribution < -0.4 is 14.4 Å². The molecule has 0 spiro atoms. The number of anilines is 1. The second-order valence-corrected chi connectivity index (χ2v) is 9.02. The topological polar surface area (TPSA) is 55.8 Å². The van der Waals surface area contributed by atoms with Crippen molar-refractivity contribution in [2.24, 2.45) is 0 Å². The molecule has 0 atom stereocenters. The molecule has 0 saturated carbocycles. The maximum atomic E-state index is 13.9. The van der Waals surface area contributed by atoms with E-state index in [9.17, 15) is 27.2 Å². The van der Waals surface area contributed by atoms with Gasteiger partial charge in [0.05, 0.1) is 28.8 Å². The lowest BCUT2D eigenvalue weighted by atomic mass is 10.1. The van der Waals surface area contributed by atoms with Gasteiger partial charge in [-0.15, -0.1) is 0 Å². The Morgan fingerprint density at radius 1 is 1.03 bits per heavy atom. The van der Waals surface area contributed by atoms with E-state index in [1.54, 1.807) is 0 Å². The number of rotatable bonds is 5. The molecule has 1 aliphatic heterocycles. The van der Waals surface area contributed by atoms with Crippen LogP contribution in [-0.4, -0.2) is 23.3 Å². The first kappa shape index (κ1) is 25.4. The minimum atomic E-state index is -4.57. The van der Waals surface area contributed by atoms with Crippen LogP contribution in [0.3, 0.4) is 0 Å². The molecular weight excluding hydrogens is 518 g/mol. The average molecular weight is 534 g/mol. The van der Waals surface area contributed by atoms with Crippen molar-refractivity contribution in [3.63, 3.8) is 0 Å². The third kappa shape index (κ3) is 5.26. The molecule has 3 aromatic carbocycles. The first-order valence-electron chi connectivity index (χ1n) is 10.2. The van der Waals surface area contributed by atoms with Crippen LogP contribution in [0.15, 0.2) is 71.6 Å². The molecule has 0 aliphatic carbocycles. The van der Waals surface area contributed by atoms with Crippen molar-refractivity contribution >= 4 is 51.9 Å². The fraction of sp³-hybridized carbons (Fsp3) is 0.0800. The molecule has 0 aromatic heterocycles. The van der Waals surface area contributed by atoms with E-state index in [1.165, 1.54) is 61.7 Å². The zero-order chi connectivity index (χ0) is 26.0. The van der Waals surface area contributed by atoms with Gasteiger partial charge >= 0.3 is 12.1 Å². The first-order chi connectivity index (χ1) is 17.1. The van der Waals surface area contributed by atoms with E-state index in [2.05, 4.69) is 0 Å². The summed E-state index contributed by atoms with van der Waals surface area (Å²) in [6, 6.07) is 14.1. The molecule has 1 heterocycles. The standard InChI is InChI=1S/C25H15F4NO4S2/c1-33-20-11-14(9-10-19(20)34-23(32)17-7-2-3-8-18(17)26)12-21-22(31)30(24(35)36-21)16-6-4-5-15(13-16)25(27,28)29/h2-13H,1H3/b21-12+. The van der Waals surface area contributed by atoms with Crippen molar-refractivity contribution in [2.45, 2.75) is 6.18 Å². The highest BCUT2D eigenvalue weighted by molar-refractivity contribution is 8.27. The van der Waals surface area contributed by atoms with E-state index < -0.39 is 29.4 Å². The highest BCUT2D eigenvalue weighted by atomic mass is 32.2. The summed E-state index contributed by atoms with van der Waals surface area (Å²) in [5.41, 5.74) is -0.670. The lowest BCUT2D eigenvalue weighted by Gasteiger charge is -2.16. The maximum Gasteiger partial charge on any atom is 0.416 e. The van der Waals surface area contributed by atoms with Crippen molar-refractivity contribution in [1.29, 1.82) is 0 Å². The number of carbonyl (C=O) groups is 2. The molecule has 0 unspecified atom stereocenters. The van der Waals surface area contributed by atoms with Gasteiger partial charge in [-0.05, 0) is 54.1 Å². The quantitative estimate of drug-likeness (QED) is 0.123. The number of esters is 1. The van der Waals surface area contributed by atoms with Gasteiger partial charge in [0.25, 0.3) is 5.91 Å². The number of nitrogens with zero attached hydrogens (tertiary/aromatic N) is 1. The van der Waals surface area contributed by atoms with E-state index >= 15 is 0 Å². The largest absolute Gasteiger partial charge is 0.493 e. The number of thiocarbonyl (C=S) groups is 1. The number of ether oxygens (including phenoxy) is 2. The number of hydrogen-bond donors (Lipinski definition) is 0. The number of thioether (sulfide) groups is 1. The lowest BCUT2D eigenvalue weighted by molar-refractivity contribution is -0.137. The summed E-state index contributed by atoms with van der Waals surface area (Å²) >= 11 is 6.17. The molecule has 184 valence electrons. The minimum Gasteiger partial charge on any atom is -0.493 e. The SMILES string of the molecule is COc1cc(/C=C2/SC(=S)N(c3cccc(C(F)(F)F)c3)C2=O)ccc1OC(=O)c1ccccc1F. The predicted molar refractivity (Wildman–Crippen MR) is 131 cm³/mol. The summed E-state index contributed by atoms with van der Waals surface area (Å²) in [6.07, 6.45) is -3.09. The number of benzene rings is 3. The second kappa shape index (κ2) is 10.1. The van der Waals surface area contributed by atoms with Gasteiger partial charge in [0.15, 0.2) is 15.8 Å².